The number of carbonyl (C=O) groups is 1. The molecule has 3 rings (SSSR count). The van der Waals surface area contributed by atoms with Gasteiger partial charge >= 0.3 is 0 Å². The molecular weight excluding hydrogens is 364 g/mol. The Bertz CT molecular complexity index is 905. The van der Waals surface area contributed by atoms with Crippen LogP contribution in [0.4, 0.5) is 0 Å². The number of likely N-dealkylation sites (tertiary alicyclic amines) is 1. The standard InChI is InChI=1S/C20H24N2O4S/c1-21-27(24,25)19-14-17(8-9-18(19)26-2)20(23)22-12-10-16(11-13-22)15-6-4-3-5-7-15/h3-9,14,16,21H,10-13H2,1-2H3. The summed E-state index contributed by atoms with van der Waals surface area (Å²) in [5, 5.41) is 0. The highest BCUT2D eigenvalue weighted by Gasteiger charge is 2.26. The molecular formula is C20H24N2O4S. The van der Waals surface area contributed by atoms with Crippen LogP contribution in [-0.2, 0) is 10.0 Å². The van der Waals surface area contributed by atoms with Gasteiger partial charge in [0, 0.05) is 18.7 Å². The molecule has 0 spiro atoms. The Kier molecular flexibility index (Phi) is 5.82. The predicted molar refractivity (Wildman–Crippen MR) is 104 cm³/mol. The molecule has 1 amide bonds. The maximum atomic E-state index is 12.9. The van der Waals surface area contributed by atoms with Crippen molar-refractivity contribution in [1.82, 2.24) is 9.62 Å². The summed E-state index contributed by atoms with van der Waals surface area (Å²) in [5.74, 6) is 0.506. The molecule has 1 aliphatic heterocycles. The number of rotatable bonds is 5. The summed E-state index contributed by atoms with van der Waals surface area (Å²) in [6.45, 7) is 1.30. The molecule has 0 unspecified atom stereocenters. The Morgan fingerprint density at radius 1 is 1.11 bits per heavy atom. The van der Waals surface area contributed by atoms with E-state index in [1.165, 1.54) is 31.9 Å². The third-order valence-electron chi connectivity index (χ3n) is 5.02. The third kappa shape index (κ3) is 4.14. The fourth-order valence-corrected chi connectivity index (χ4v) is 4.37. The second-order valence-corrected chi connectivity index (χ2v) is 8.41. The van der Waals surface area contributed by atoms with Gasteiger partial charge in [-0.2, -0.15) is 0 Å². The molecule has 144 valence electrons. The first-order chi connectivity index (χ1) is 13.0. The minimum absolute atomic E-state index is 0.0301. The van der Waals surface area contributed by atoms with Crippen LogP contribution in [0.1, 0.15) is 34.7 Å². The van der Waals surface area contributed by atoms with Crippen molar-refractivity contribution in [2.45, 2.75) is 23.7 Å². The summed E-state index contributed by atoms with van der Waals surface area (Å²) in [6, 6.07) is 14.8. The highest BCUT2D eigenvalue weighted by atomic mass is 32.2. The molecule has 2 aromatic rings. The maximum Gasteiger partial charge on any atom is 0.253 e. The Morgan fingerprint density at radius 3 is 2.37 bits per heavy atom. The van der Waals surface area contributed by atoms with Crippen LogP contribution >= 0.6 is 0 Å². The van der Waals surface area contributed by atoms with E-state index in [0.717, 1.165) is 12.8 Å². The lowest BCUT2D eigenvalue weighted by atomic mass is 9.89. The smallest absolute Gasteiger partial charge is 0.253 e. The summed E-state index contributed by atoms with van der Waals surface area (Å²) < 4.78 is 31.8. The van der Waals surface area contributed by atoms with E-state index in [4.69, 9.17) is 4.74 Å². The van der Waals surface area contributed by atoms with Gasteiger partial charge in [-0.1, -0.05) is 30.3 Å². The zero-order chi connectivity index (χ0) is 19.4. The summed E-state index contributed by atoms with van der Waals surface area (Å²) in [4.78, 5) is 14.6. The normalized spacial score (nSPS) is 15.6. The van der Waals surface area contributed by atoms with Crippen molar-refractivity contribution in [2.24, 2.45) is 0 Å². The predicted octanol–water partition coefficient (Wildman–Crippen LogP) is 2.62. The number of benzene rings is 2. The molecule has 0 saturated carbocycles. The molecule has 0 atom stereocenters. The lowest BCUT2D eigenvalue weighted by molar-refractivity contribution is 0.0712. The quantitative estimate of drug-likeness (QED) is 0.854. The van der Waals surface area contributed by atoms with Crippen LogP contribution in [-0.4, -0.2) is 46.5 Å². The monoisotopic (exact) mass is 388 g/mol. The summed E-state index contributed by atoms with van der Waals surface area (Å²) in [7, 11) is -0.985. The number of nitrogens with one attached hydrogen (secondary N) is 1. The van der Waals surface area contributed by atoms with E-state index < -0.39 is 10.0 Å². The number of sulfonamides is 1. The van der Waals surface area contributed by atoms with Gasteiger partial charge < -0.3 is 9.64 Å². The van der Waals surface area contributed by atoms with E-state index in [9.17, 15) is 13.2 Å². The number of ether oxygens (including phenoxy) is 1. The lowest BCUT2D eigenvalue weighted by Gasteiger charge is -2.32. The molecule has 1 heterocycles. The van der Waals surface area contributed by atoms with E-state index in [-0.39, 0.29) is 16.6 Å². The van der Waals surface area contributed by atoms with Gasteiger partial charge in [-0.05, 0) is 49.6 Å². The first-order valence-electron chi connectivity index (χ1n) is 8.92. The van der Waals surface area contributed by atoms with Crippen molar-refractivity contribution in [1.29, 1.82) is 0 Å². The van der Waals surface area contributed by atoms with Gasteiger partial charge in [-0.3, -0.25) is 4.79 Å². The van der Waals surface area contributed by atoms with Crippen LogP contribution in [0.2, 0.25) is 0 Å². The van der Waals surface area contributed by atoms with E-state index in [2.05, 4.69) is 16.9 Å². The summed E-state index contributed by atoms with van der Waals surface area (Å²) in [6.07, 6.45) is 1.79. The highest BCUT2D eigenvalue weighted by Crippen LogP contribution is 2.30. The average Bonchev–Trinajstić information content (AvgIpc) is 2.73. The summed E-state index contributed by atoms with van der Waals surface area (Å²) >= 11 is 0. The fourth-order valence-electron chi connectivity index (χ4n) is 3.45. The number of nitrogens with zero attached hydrogens (tertiary/aromatic N) is 1. The van der Waals surface area contributed by atoms with Gasteiger partial charge in [0.1, 0.15) is 10.6 Å². The highest BCUT2D eigenvalue weighted by molar-refractivity contribution is 7.89. The van der Waals surface area contributed by atoms with Crippen molar-refractivity contribution in [3.05, 3.63) is 59.7 Å². The van der Waals surface area contributed by atoms with Crippen molar-refractivity contribution in [2.75, 3.05) is 27.2 Å². The van der Waals surface area contributed by atoms with Gasteiger partial charge in [0.05, 0.1) is 7.11 Å². The van der Waals surface area contributed by atoms with Gasteiger partial charge in [-0.25, -0.2) is 13.1 Å². The first-order valence-corrected chi connectivity index (χ1v) is 10.4. The number of hydrogen-bond acceptors (Lipinski definition) is 4. The SMILES string of the molecule is CNS(=O)(=O)c1cc(C(=O)N2CCC(c3ccccc3)CC2)ccc1OC. The number of piperidine rings is 1. The largest absolute Gasteiger partial charge is 0.495 e. The Labute approximate surface area is 160 Å². The molecule has 1 N–H and O–H groups in total. The molecule has 2 aromatic carbocycles. The number of methoxy groups -OCH3 is 1. The first kappa shape index (κ1) is 19.4. The van der Waals surface area contributed by atoms with Crippen LogP contribution in [0.5, 0.6) is 5.75 Å². The van der Waals surface area contributed by atoms with E-state index in [0.29, 0.717) is 24.6 Å². The van der Waals surface area contributed by atoms with Crippen molar-refractivity contribution in [3.63, 3.8) is 0 Å². The van der Waals surface area contributed by atoms with E-state index in [1.807, 2.05) is 18.2 Å². The second-order valence-electron chi connectivity index (χ2n) is 6.55. The zero-order valence-electron chi connectivity index (χ0n) is 15.5. The fraction of sp³-hybridized carbons (Fsp3) is 0.350. The summed E-state index contributed by atoms with van der Waals surface area (Å²) in [5.41, 5.74) is 1.65. The Hall–Kier alpha value is -2.38. The topological polar surface area (TPSA) is 75.7 Å². The number of hydrogen-bond donors (Lipinski definition) is 1. The van der Waals surface area contributed by atoms with Crippen LogP contribution < -0.4 is 9.46 Å². The molecule has 0 radical (unpaired) electrons. The molecule has 1 fully saturated rings. The Morgan fingerprint density at radius 2 is 1.78 bits per heavy atom. The van der Waals surface area contributed by atoms with Crippen LogP contribution in [0.3, 0.4) is 0 Å². The third-order valence-corrected chi connectivity index (χ3v) is 6.46. The van der Waals surface area contributed by atoms with Gasteiger partial charge in [0.2, 0.25) is 10.0 Å². The van der Waals surface area contributed by atoms with Crippen molar-refractivity contribution >= 4 is 15.9 Å². The molecule has 6 nitrogen and oxygen atoms in total. The second kappa shape index (κ2) is 8.10. The molecule has 27 heavy (non-hydrogen) atoms. The van der Waals surface area contributed by atoms with E-state index in [1.54, 1.807) is 11.0 Å². The average molecular weight is 388 g/mol. The van der Waals surface area contributed by atoms with Gasteiger partial charge in [0.15, 0.2) is 0 Å². The minimum atomic E-state index is -3.72. The van der Waals surface area contributed by atoms with Crippen LogP contribution in [0.25, 0.3) is 0 Å². The zero-order valence-corrected chi connectivity index (χ0v) is 16.3. The maximum absolute atomic E-state index is 12.9. The molecule has 1 saturated heterocycles. The van der Waals surface area contributed by atoms with E-state index >= 15 is 0 Å². The molecule has 0 aromatic heterocycles. The minimum Gasteiger partial charge on any atom is -0.495 e. The molecule has 1 aliphatic rings. The number of carbonyl (C=O) groups excluding carboxylic acids is 1. The van der Waals surface area contributed by atoms with Crippen LogP contribution in [0.15, 0.2) is 53.4 Å². The van der Waals surface area contributed by atoms with Gasteiger partial charge in [-0.15, -0.1) is 0 Å². The molecule has 7 heteroatoms. The van der Waals surface area contributed by atoms with Crippen molar-refractivity contribution < 1.29 is 17.9 Å². The molecule has 0 aliphatic carbocycles. The Balaban J connectivity index is 1.76. The van der Waals surface area contributed by atoms with Crippen LogP contribution in [0, 0.1) is 0 Å². The van der Waals surface area contributed by atoms with Crippen molar-refractivity contribution in [3.8, 4) is 5.75 Å². The lowest BCUT2D eigenvalue weighted by Crippen LogP contribution is -2.38. The van der Waals surface area contributed by atoms with Gasteiger partial charge in [0.25, 0.3) is 5.91 Å². The number of amides is 1. The molecule has 0 bridgehead atoms.